The lowest BCUT2D eigenvalue weighted by molar-refractivity contribution is -0.208. The highest BCUT2D eigenvalue weighted by Crippen LogP contribution is 2.27. The predicted molar refractivity (Wildman–Crippen MR) is 47.8 cm³/mol. The van der Waals surface area contributed by atoms with Gasteiger partial charge in [-0.25, -0.2) is 4.79 Å². The molecule has 0 aromatic heterocycles. The van der Waals surface area contributed by atoms with Crippen LogP contribution >= 0.6 is 0 Å². The van der Waals surface area contributed by atoms with Crippen molar-refractivity contribution in [1.29, 1.82) is 0 Å². The van der Waals surface area contributed by atoms with Crippen LogP contribution in [-0.2, 0) is 9.53 Å². The summed E-state index contributed by atoms with van der Waals surface area (Å²) in [5.41, 5.74) is 0. The molecule has 0 amide bonds. The molecular weight excluding hydrogens is 188 g/mol. The van der Waals surface area contributed by atoms with Gasteiger partial charge in [0.05, 0.1) is 12.2 Å². The summed E-state index contributed by atoms with van der Waals surface area (Å²) in [5, 5.41) is 27.9. The lowest BCUT2D eigenvalue weighted by Gasteiger charge is -2.39. The molecule has 1 heterocycles. The summed E-state index contributed by atoms with van der Waals surface area (Å²) in [4.78, 5) is 10.8. The minimum Gasteiger partial charge on any atom is -0.479 e. The van der Waals surface area contributed by atoms with Gasteiger partial charge in [0, 0.05) is 5.92 Å². The van der Waals surface area contributed by atoms with Crippen molar-refractivity contribution >= 4 is 5.97 Å². The number of rotatable bonds is 2. The molecule has 1 saturated heterocycles. The monoisotopic (exact) mass is 204 g/mol. The van der Waals surface area contributed by atoms with E-state index in [4.69, 9.17) is 9.84 Å². The highest BCUT2D eigenvalue weighted by atomic mass is 16.5. The first kappa shape index (κ1) is 11.4. The maximum atomic E-state index is 10.8. The van der Waals surface area contributed by atoms with E-state index in [0.717, 1.165) is 0 Å². The average molecular weight is 204 g/mol. The molecule has 0 spiro atoms. The van der Waals surface area contributed by atoms with Gasteiger partial charge in [-0.2, -0.15) is 0 Å². The van der Waals surface area contributed by atoms with Gasteiger partial charge in [-0.3, -0.25) is 0 Å². The summed E-state index contributed by atoms with van der Waals surface area (Å²) in [6, 6.07) is 0. The van der Waals surface area contributed by atoms with Crippen molar-refractivity contribution in [3.8, 4) is 0 Å². The molecule has 0 radical (unpaired) electrons. The van der Waals surface area contributed by atoms with Crippen molar-refractivity contribution < 1.29 is 24.9 Å². The molecule has 0 aliphatic carbocycles. The molecule has 5 atom stereocenters. The molecular formula is C9H16O5. The van der Waals surface area contributed by atoms with Crippen LogP contribution in [-0.4, -0.2) is 45.7 Å². The topological polar surface area (TPSA) is 87.0 Å². The smallest absolute Gasteiger partial charge is 0.333 e. The van der Waals surface area contributed by atoms with Crippen LogP contribution in [0.25, 0.3) is 0 Å². The molecule has 0 bridgehead atoms. The van der Waals surface area contributed by atoms with Crippen LogP contribution in [0.15, 0.2) is 0 Å². The number of aliphatic hydroxyl groups excluding tert-OH is 2. The largest absolute Gasteiger partial charge is 0.479 e. The second-order valence-electron chi connectivity index (χ2n) is 3.68. The molecule has 1 rings (SSSR count). The van der Waals surface area contributed by atoms with E-state index >= 15 is 0 Å². The zero-order valence-electron chi connectivity index (χ0n) is 8.25. The van der Waals surface area contributed by atoms with Crippen LogP contribution in [0.1, 0.15) is 20.3 Å². The van der Waals surface area contributed by atoms with Crippen molar-refractivity contribution in [3.05, 3.63) is 0 Å². The third-order valence-corrected chi connectivity index (χ3v) is 2.71. The molecule has 0 aromatic carbocycles. The molecule has 5 nitrogen and oxygen atoms in total. The number of aliphatic hydroxyl groups is 2. The third-order valence-electron chi connectivity index (χ3n) is 2.71. The summed E-state index contributed by atoms with van der Waals surface area (Å²) >= 11 is 0. The summed E-state index contributed by atoms with van der Waals surface area (Å²) in [7, 11) is 0. The maximum absolute atomic E-state index is 10.8. The standard InChI is InChI=1S/C9H16O5/c1-3-5-7(11)6(10)4(2)8(14-5)9(12)13/h4-8,10-11H,3H2,1-2H3,(H,12,13). The normalized spacial score (nSPS) is 43.6. The lowest BCUT2D eigenvalue weighted by Crippen LogP contribution is -2.55. The Kier molecular flexibility index (Phi) is 3.47. The minimum absolute atomic E-state index is 0.481. The first-order valence-corrected chi connectivity index (χ1v) is 4.73. The number of carboxylic acids is 1. The number of hydrogen-bond donors (Lipinski definition) is 3. The van der Waals surface area contributed by atoms with Gasteiger partial charge >= 0.3 is 5.97 Å². The molecule has 3 N–H and O–H groups in total. The highest BCUT2D eigenvalue weighted by Gasteiger charge is 2.44. The van der Waals surface area contributed by atoms with E-state index < -0.39 is 36.3 Å². The number of carboxylic acid groups (broad SMARTS) is 1. The zero-order valence-corrected chi connectivity index (χ0v) is 8.25. The van der Waals surface area contributed by atoms with E-state index in [9.17, 15) is 15.0 Å². The summed E-state index contributed by atoms with van der Waals surface area (Å²) in [6.07, 6.45) is -3.17. The van der Waals surface area contributed by atoms with Crippen LogP contribution < -0.4 is 0 Å². The van der Waals surface area contributed by atoms with E-state index in [0.29, 0.717) is 6.42 Å². The zero-order chi connectivity index (χ0) is 10.9. The van der Waals surface area contributed by atoms with E-state index in [1.165, 1.54) is 0 Å². The van der Waals surface area contributed by atoms with Crippen molar-refractivity contribution in [2.45, 2.75) is 44.7 Å². The summed E-state index contributed by atoms with van der Waals surface area (Å²) in [6.45, 7) is 3.33. The van der Waals surface area contributed by atoms with E-state index in [2.05, 4.69) is 0 Å². The molecule has 82 valence electrons. The van der Waals surface area contributed by atoms with Crippen molar-refractivity contribution in [1.82, 2.24) is 0 Å². The van der Waals surface area contributed by atoms with Crippen LogP contribution in [0, 0.1) is 5.92 Å². The van der Waals surface area contributed by atoms with Crippen molar-refractivity contribution in [2.24, 2.45) is 5.92 Å². The molecule has 1 fully saturated rings. The van der Waals surface area contributed by atoms with Gasteiger partial charge in [-0.1, -0.05) is 13.8 Å². The Morgan fingerprint density at radius 3 is 2.36 bits per heavy atom. The van der Waals surface area contributed by atoms with E-state index in [1.807, 2.05) is 0 Å². The van der Waals surface area contributed by atoms with Gasteiger partial charge in [-0.15, -0.1) is 0 Å². The van der Waals surface area contributed by atoms with Crippen LogP contribution in [0.3, 0.4) is 0 Å². The van der Waals surface area contributed by atoms with Crippen LogP contribution in [0.4, 0.5) is 0 Å². The van der Waals surface area contributed by atoms with Gasteiger partial charge in [0.25, 0.3) is 0 Å². The Morgan fingerprint density at radius 2 is 1.93 bits per heavy atom. The van der Waals surface area contributed by atoms with Gasteiger partial charge in [0.1, 0.15) is 6.10 Å². The Bertz CT molecular complexity index is 215. The molecule has 0 saturated carbocycles. The summed E-state index contributed by atoms with van der Waals surface area (Å²) in [5.74, 6) is -1.69. The number of aliphatic carboxylic acids is 1. The Labute approximate surface area is 82.3 Å². The third kappa shape index (κ3) is 1.89. The molecule has 1 aliphatic heterocycles. The molecule has 0 aromatic rings. The highest BCUT2D eigenvalue weighted by molar-refractivity contribution is 5.73. The quantitative estimate of drug-likeness (QED) is 0.570. The Hall–Kier alpha value is -0.650. The Balaban J connectivity index is 2.78. The lowest BCUT2D eigenvalue weighted by atomic mass is 9.87. The second-order valence-corrected chi connectivity index (χ2v) is 3.68. The van der Waals surface area contributed by atoms with Crippen molar-refractivity contribution in [2.75, 3.05) is 0 Å². The SMILES string of the molecule is CCC1OC(C(=O)O)C(C)C(O)C1O. The van der Waals surface area contributed by atoms with Gasteiger partial charge in [-0.05, 0) is 6.42 Å². The first-order chi connectivity index (χ1) is 6.49. The van der Waals surface area contributed by atoms with Gasteiger partial charge in [0.2, 0.25) is 0 Å². The Morgan fingerprint density at radius 1 is 1.36 bits per heavy atom. The van der Waals surface area contributed by atoms with E-state index in [1.54, 1.807) is 13.8 Å². The second kappa shape index (κ2) is 4.25. The molecule has 5 heteroatoms. The fourth-order valence-electron chi connectivity index (χ4n) is 1.72. The van der Waals surface area contributed by atoms with E-state index in [-0.39, 0.29) is 0 Å². The number of hydrogen-bond acceptors (Lipinski definition) is 4. The van der Waals surface area contributed by atoms with Gasteiger partial charge in [0.15, 0.2) is 6.10 Å². The van der Waals surface area contributed by atoms with Crippen LogP contribution in [0.5, 0.6) is 0 Å². The molecule has 5 unspecified atom stereocenters. The number of ether oxygens (including phenoxy) is 1. The van der Waals surface area contributed by atoms with Crippen molar-refractivity contribution in [3.63, 3.8) is 0 Å². The fraction of sp³-hybridized carbons (Fsp3) is 0.889. The molecule has 14 heavy (non-hydrogen) atoms. The van der Waals surface area contributed by atoms with Crippen LogP contribution in [0.2, 0.25) is 0 Å². The summed E-state index contributed by atoms with van der Waals surface area (Å²) < 4.78 is 5.18. The van der Waals surface area contributed by atoms with Gasteiger partial charge < -0.3 is 20.1 Å². The number of carbonyl (C=O) groups is 1. The maximum Gasteiger partial charge on any atom is 0.333 e. The fourth-order valence-corrected chi connectivity index (χ4v) is 1.72. The predicted octanol–water partition coefficient (Wildman–Crippen LogP) is -0.394. The average Bonchev–Trinajstić information content (AvgIpc) is 2.14. The molecule has 1 aliphatic rings. The first-order valence-electron chi connectivity index (χ1n) is 4.73. The minimum atomic E-state index is -1.10.